The molecule has 12 heavy (non-hydrogen) atoms. The molecule has 65 valence electrons. The van der Waals surface area contributed by atoms with Crippen molar-refractivity contribution in [3.05, 3.63) is 40.7 Å². The van der Waals surface area contributed by atoms with E-state index in [1.807, 2.05) is 25.1 Å². The number of rotatable bonds is 2. The van der Waals surface area contributed by atoms with Gasteiger partial charge >= 0.3 is 0 Å². The molecule has 0 fully saturated rings. The van der Waals surface area contributed by atoms with E-state index in [4.69, 9.17) is 5.11 Å². The summed E-state index contributed by atoms with van der Waals surface area (Å²) in [6.45, 7) is 5.96. The fourth-order valence-electron chi connectivity index (χ4n) is 1.11. The molecule has 0 aromatic heterocycles. The van der Waals surface area contributed by atoms with Crippen LogP contribution >= 0.6 is 15.9 Å². The molecule has 1 aromatic rings. The van der Waals surface area contributed by atoms with Crippen molar-refractivity contribution >= 4 is 15.9 Å². The first-order valence-corrected chi connectivity index (χ1v) is 4.64. The van der Waals surface area contributed by atoms with Crippen LogP contribution in [0.3, 0.4) is 0 Å². The summed E-state index contributed by atoms with van der Waals surface area (Å²) in [4.78, 5) is 0. The molecule has 0 saturated heterocycles. The molecule has 1 nitrogen and oxygen atoms in total. The molecule has 0 spiro atoms. The summed E-state index contributed by atoms with van der Waals surface area (Å²) in [5, 5.41) is 8.89. The van der Waals surface area contributed by atoms with Crippen LogP contribution in [0.2, 0.25) is 0 Å². The minimum Gasteiger partial charge on any atom is -0.396 e. The summed E-state index contributed by atoms with van der Waals surface area (Å²) in [7, 11) is 0. The molecule has 0 heterocycles. The Bertz CT molecular complexity index is 250. The minimum absolute atomic E-state index is 0.0267. The van der Waals surface area contributed by atoms with Gasteiger partial charge in [0.05, 0.1) is 0 Å². The molecular weight excluding hydrogens is 216 g/mol. The van der Waals surface area contributed by atoms with Gasteiger partial charge in [0.15, 0.2) is 0 Å². The monoisotopic (exact) mass is 227 g/mol. The van der Waals surface area contributed by atoms with Crippen LogP contribution in [0, 0.1) is 13.8 Å². The van der Waals surface area contributed by atoms with Crippen LogP contribution in [0.4, 0.5) is 0 Å². The van der Waals surface area contributed by atoms with Gasteiger partial charge in [-0.3, -0.25) is 0 Å². The van der Waals surface area contributed by atoms with Crippen LogP contribution < -0.4 is 0 Å². The van der Waals surface area contributed by atoms with E-state index in [9.17, 15) is 0 Å². The van der Waals surface area contributed by atoms with Gasteiger partial charge in [0.25, 0.3) is 0 Å². The average molecular weight is 228 g/mol. The fraction of sp³-hybridized carbons (Fsp3) is 0.300. The molecule has 0 aliphatic rings. The fourth-order valence-corrected chi connectivity index (χ4v) is 1.73. The van der Waals surface area contributed by atoms with E-state index in [-0.39, 0.29) is 12.5 Å². The lowest BCUT2D eigenvalue weighted by Gasteiger charge is -2.09. The topological polar surface area (TPSA) is 20.2 Å². The number of benzene rings is 1. The van der Waals surface area contributed by atoms with Gasteiger partial charge in [-0.1, -0.05) is 22.0 Å². The zero-order valence-electron chi connectivity index (χ0n) is 7.05. The summed E-state index contributed by atoms with van der Waals surface area (Å²) in [5.41, 5.74) is 2.26. The average Bonchev–Trinajstić information content (AvgIpc) is 2.01. The van der Waals surface area contributed by atoms with E-state index in [1.54, 1.807) is 0 Å². The minimum atomic E-state index is -0.0267. The Labute approximate surface area is 81.6 Å². The van der Waals surface area contributed by atoms with E-state index in [2.05, 4.69) is 22.9 Å². The molecule has 0 bridgehead atoms. The van der Waals surface area contributed by atoms with Crippen LogP contribution in [-0.2, 0) is 0 Å². The van der Waals surface area contributed by atoms with Crippen molar-refractivity contribution in [2.75, 3.05) is 6.61 Å². The van der Waals surface area contributed by atoms with E-state index >= 15 is 0 Å². The van der Waals surface area contributed by atoms with Crippen molar-refractivity contribution < 1.29 is 5.11 Å². The number of aliphatic hydroxyl groups excluding tert-OH is 1. The Morgan fingerprint density at radius 2 is 2.17 bits per heavy atom. The second kappa shape index (κ2) is 4.06. The lowest BCUT2D eigenvalue weighted by Crippen LogP contribution is -1.99. The zero-order valence-corrected chi connectivity index (χ0v) is 8.63. The van der Waals surface area contributed by atoms with Crippen molar-refractivity contribution in [1.82, 2.24) is 0 Å². The molecule has 2 heteroatoms. The van der Waals surface area contributed by atoms with Gasteiger partial charge in [0.2, 0.25) is 0 Å². The van der Waals surface area contributed by atoms with Crippen molar-refractivity contribution in [1.29, 1.82) is 0 Å². The van der Waals surface area contributed by atoms with Gasteiger partial charge in [0.1, 0.15) is 0 Å². The highest BCUT2D eigenvalue weighted by Gasteiger charge is 2.04. The standard InChI is InChI=1S/C10H12BrO/c1-7-3-9(8(2)6-12)5-10(11)4-7/h3-5,8,12H,2,6H2,1H3. The lowest BCUT2D eigenvalue weighted by atomic mass is 10.0. The third-order valence-corrected chi connectivity index (χ3v) is 2.21. The summed E-state index contributed by atoms with van der Waals surface area (Å²) < 4.78 is 1.04. The highest BCUT2D eigenvalue weighted by atomic mass is 79.9. The quantitative estimate of drug-likeness (QED) is 0.824. The lowest BCUT2D eigenvalue weighted by molar-refractivity contribution is 0.282. The Kier molecular flexibility index (Phi) is 3.29. The van der Waals surface area contributed by atoms with Gasteiger partial charge in [0, 0.05) is 17.0 Å². The maximum atomic E-state index is 8.89. The van der Waals surface area contributed by atoms with Gasteiger partial charge in [-0.05, 0) is 37.1 Å². The van der Waals surface area contributed by atoms with E-state index < -0.39 is 0 Å². The third-order valence-electron chi connectivity index (χ3n) is 1.76. The van der Waals surface area contributed by atoms with Crippen molar-refractivity contribution in [3.8, 4) is 0 Å². The molecule has 1 aromatic carbocycles. The largest absolute Gasteiger partial charge is 0.396 e. The van der Waals surface area contributed by atoms with Gasteiger partial charge < -0.3 is 5.11 Å². The number of hydrogen-bond acceptors (Lipinski definition) is 1. The van der Waals surface area contributed by atoms with E-state index in [0.29, 0.717) is 0 Å². The predicted molar refractivity (Wildman–Crippen MR) is 54.1 cm³/mol. The molecule has 1 N–H and O–H groups in total. The highest BCUT2D eigenvalue weighted by molar-refractivity contribution is 9.10. The van der Waals surface area contributed by atoms with Crippen LogP contribution in [-0.4, -0.2) is 11.7 Å². The molecule has 1 atom stereocenters. The summed E-state index contributed by atoms with van der Waals surface area (Å²) in [6, 6.07) is 6.06. The highest BCUT2D eigenvalue weighted by Crippen LogP contribution is 2.21. The van der Waals surface area contributed by atoms with E-state index in [1.165, 1.54) is 5.56 Å². The second-order valence-corrected chi connectivity index (χ2v) is 3.86. The Morgan fingerprint density at radius 3 is 2.67 bits per heavy atom. The number of hydrogen-bond donors (Lipinski definition) is 1. The number of halogens is 1. The normalized spacial score (nSPS) is 13.0. The third kappa shape index (κ3) is 2.32. The predicted octanol–water partition coefficient (Wildman–Crippen LogP) is 2.67. The Balaban J connectivity index is 3.00. The zero-order chi connectivity index (χ0) is 9.14. The second-order valence-electron chi connectivity index (χ2n) is 2.94. The van der Waals surface area contributed by atoms with Crippen molar-refractivity contribution in [3.63, 3.8) is 0 Å². The van der Waals surface area contributed by atoms with Gasteiger partial charge in [-0.25, -0.2) is 0 Å². The summed E-state index contributed by atoms with van der Waals surface area (Å²) >= 11 is 3.40. The molecular formula is C10H12BrO. The summed E-state index contributed by atoms with van der Waals surface area (Å²) in [5.74, 6) is -0.0267. The SMILES string of the molecule is [CH2]C(CO)c1cc(C)cc(Br)c1. The van der Waals surface area contributed by atoms with Crippen molar-refractivity contribution in [2.45, 2.75) is 12.8 Å². The number of aryl methyl sites for hydroxylation is 1. The first-order chi connectivity index (χ1) is 5.63. The van der Waals surface area contributed by atoms with Crippen molar-refractivity contribution in [2.24, 2.45) is 0 Å². The van der Waals surface area contributed by atoms with Gasteiger partial charge in [-0.2, -0.15) is 0 Å². The molecule has 1 unspecified atom stereocenters. The maximum Gasteiger partial charge on any atom is 0.0499 e. The maximum absolute atomic E-state index is 8.89. The summed E-state index contributed by atoms with van der Waals surface area (Å²) in [6.07, 6.45) is 0. The molecule has 0 saturated carbocycles. The molecule has 1 rings (SSSR count). The first-order valence-electron chi connectivity index (χ1n) is 3.84. The van der Waals surface area contributed by atoms with Crippen LogP contribution in [0.15, 0.2) is 22.7 Å². The van der Waals surface area contributed by atoms with Crippen LogP contribution in [0.5, 0.6) is 0 Å². The van der Waals surface area contributed by atoms with Gasteiger partial charge in [-0.15, -0.1) is 0 Å². The van der Waals surface area contributed by atoms with E-state index in [0.717, 1.165) is 10.0 Å². The van der Waals surface area contributed by atoms with Crippen LogP contribution in [0.25, 0.3) is 0 Å². The molecule has 0 amide bonds. The first kappa shape index (κ1) is 9.75. The molecule has 0 aliphatic heterocycles. The smallest absolute Gasteiger partial charge is 0.0499 e. The number of aliphatic hydroxyl groups is 1. The molecule has 0 aliphatic carbocycles. The Morgan fingerprint density at radius 1 is 1.50 bits per heavy atom. The van der Waals surface area contributed by atoms with Crippen LogP contribution in [0.1, 0.15) is 17.0 Å². The molecule has 1 radical (unpaired) electrons. The Hall–Kier alpha value is -0.340.